The lowest BCUT2D eigenvalue weighted by molar-refractivity contribution is 0.0120. The van der Waals surface area contributed by atoms with E-state index in [1.807, 2.05) is 11.3 Å². The van der Waals surface area contributed by atoms with Gasteiger partial charge in [-0.25, -0.2) is 0 Å². The summed E-state index contributed by atoms with van der Waals surface area (Å²) in [5, 5.41) is 5.99. The highest BCUT2D eigenvalue weighted by molar-refractivity contribution is 7.10. The highest BCUT2D eigenvalue weighted by Gasteiger charge is 2.24. The maximum Gasteiger partial charge on any atom is 0.0673 e. The normalized spacial score (nSPS) is 24.4. The Morgan fingerprint density at radius 1 is 1.20 bits per heavy atom. The van der Waals surface area contributed by atoms with Gasteiger partial charge in [-0.1, -0.05) is 36.4 Å². The molecule has 3 heteroatoms. The smallest absolute Gasteiger partial charge is 0.0673 e. The molecule has 3 rings (SSSR count). The molecule has 2 heterocycles. The third kappa shape index (κ3) is 3.29. The number of thiophene rings is 1. The van der Waals surface area contributed by atoms with Crippen molar-refractivity contribution >= 4 is 11.3 Å². The average molecular weight is 287 g/mol. The van der Waals surface area contributed by atoms with E-state index in [-0.39, 0.29) is 0 Å². The summed E-state index contributed by atoms with van der Waals surface area (Å²) in [4.78, 5) is 1.38. The SMILES string of the molecule is CC1CC(NC(c2ccccc2)c2cccs2)CCO1. The monoisotopic (exact) mass is 287 g/mol. The van der Waals surface area contributed by atoms with Gasteiger partial charge in [0.2, 0.25) is 0 Å². The minimum Gasteiger partial charge on any atom is -0.378 e. The largest absolute Gasteiger partial charge is 0.378 e. The van der Waals surface area contributed by atoms with Crippen LogP contribution in [0.15, 0.2) is 47.8 Å². The predicted octanol–water partition coefficient (Wildman–Crippen LogP) is 3.99. The number of rotatable bonds is 4. The highest BCUT2D eigenvalue weighted by atomic mass is 32.1. The minimum absolute atomic E-state index is 0.298. The highest BCUT2D eigenvalue weighted by Crippen LogP contribution is 2.28. The van der Waals surface area contributed by atoms with Crippen LogP contribution in [-0.2, 0) is 4.74 Å². The molecule has 3 unspecified atom stereocenters. The second kappa shape index (κ2) is 6.53. The Bertz CT molecular complexity index is 511. The van der Waals surface area contributed by atoms with Crippen molar-refractivity contribution in [2.75, 3.05) is 6.61 Å². The maximum atomic E-state index is 5.65. The van der Waals surface area contributed by atoms with Crippen LogP contribution in [-0.4, -0.2) is 18.8 Å². The predicted molar refractivity (Wildman–Crippen MR) is 84.2 cm³/mol. The summed E-state index contributed by atoms with van der Waals surface area (Å²) in [5.74, 6) is 0. The molecular formula is C17H21NOS. The fourth-order valence-corrected chi connectivity index (χ4v) is 3.64. The Balaban J connectivity index is 1.79. The standard InChI is InChI=1S/C17H21NOS/c1-13-12-15(9-10-19-13)18-17(16-8-5-11-20-16)14-6-3-2-4-7-14/h2-8,11,13,15,17-18H,9-10,12H2,1H3. The molecule has 106 valence electrons. The average Bonchev–Trinajstić information content (AvgIpc) is 3.00. The first-order valence-electron chi connectivity index (χ1n) is 7.29. The zero-order valence-electron chi connectivity index (χ0n) is 11.8. The molecule has 2 nitrogen and oxygen atoms in total. The van der Waals surface area contributed by atoms with Crippen LogP contribution < -0.4 is 5.32 Å². The number of hydrogen-bond donors (Lipinski definition) is 1. The van der Waals surface area contributed by atoms with Crippen molar-refractivity contribution in [3.63, 3.8) is 0 Å². The summed E-state index contributed by atoms with van der Waals surface area (Å²) in [6, 6.07) is 15.9. The number of nitrogens with one attached hydrogen (secondary N) is 1. The third-order valence-electron chi connectivity index (χ3n) is 3.85. The van der Waals surface area contributed by atoms with Gasteiger partial charge in [-0.05, 0) is 36.8 Å². The molecule has 1 N–H and O–H groups in total. The first kappa shape index (κ1) is 13.8. The maximum absolute atomic E-state index is 5.65. The molecule has 0 saturated carbocycles. The van der Waals surface area contributed by atoms with Gasteiger partial charge in [0, 0.05) is 17.5 Å². The van der Waals surface area contributed by atoms with E-state index < -0.39 is 0 Å². The first-order valence-corrected chi connectivity index (χ1v) is 8.17. The van der Waals surface area contributed by atoms with Crippen LogP contribution in [0.1, 0.15) is 36.2 Å². The molecule has 1 aliphatic heterocycles. The Morgan fingerprint density at radius 3 is 2.75 bits per heavy atom. The minimum atomic E-state index is 0.298. The topological polar surface area (TPSA) is 21.3 Å². The van der Waals surface area contributed by atoms with Gasteiger partial charge in [0.25, 0.3) is 0 Å². The van der Waals surface area contributed by atoms with Crippen molar-refractivity contribution < 1.29 is 4.74 Å². The van der Waals surface area contributed by atoms with E-state index in [2.05, 4.69) is 60.1 Å². The first-order chi connectivity index (χ1) is 9.83. The Morgan fingerprint density at radius 2 is 2.05 bits per heavy atom. The van der Waals surface area contributed by atoms with E-state index in [0.29, 0.717) is 18.2 Å². The van der Waals surface area contributed by atoms with Crippen molar-refractivity contribution in [3.8, 4) is 0 Å². The molecule has 20 heavy (non-hydrogen) atoms. The van der Waals surface area contributed by atoms with Gasteiger partial charge in [0.05, 0.1) is 12.1 Å². The molecule has 0 radical (unpaired) electrons. The summed E-state index contributed by atoms with van der Waals surface area (Å²) in [5.41, 5.74) is 1.34. The van der Waals surface area contributed by atoms with Gasteiger partial charge in [-0.2, -0.15) is 0 Å². The van der Waals surface area contributed by atoms with Gasteiger partial charge in [-0.15, -0.1) is 11.3 Å². The van der Waals surface area contributed by atoms with E-state index in [4.69, 9.17) is 4.74 Å². The van der Waals surface area contributed by atoms with Crippen LogP contribution in [0, 0.1) is 0 Å². The molecule has 1 fully saturated rings. The van der Waals surface area contributed by atoms with Crippen LogP contribution >= 0.6 is 11.3 Å². The van der Waals surface area contributed by atoms with Gasteiger partial charge >= 0.3 is 0 Å². The summed E-state index contributed by atoms with van der Waals surface area (Å²) in [6.07, 6.45) is 2.55. The van der Waals surface area contributed by atoms with Crippen LogP contribution in [0.2, 0.25) is 0 Å². The van der Waals surface area contributed by atoms with Crippen molar-refractivity contribution in [3.05, 3.63) is 58.3 Å². The van der Waals surface area contributed by atoms with Crippen molar-refractivity contribution in [2.24, 2.45) is 0 Å². The molecule has 3 atom stereocenters. The van der Waals surface area contributed by atoms with Gasteiger partial charge in [0.15, 0.2) is 0 Å². The van der Waals surface area contributed by atoms with Crippen LogP contribution in [0.4, 0.5) is 0 Å². The third-order valence-corrected chi connectivity index (χ3v) is 4.79. The van der Waals surface area contributed by atoms with Crippen LogP contribution in [0.3, 0.4) is 0 Å². The Hall–Kier alpha value is -1.16. The van der Waals surface area contributed by atoms with Crippen LogP contribution in [0.5, 0.6) is 0 Å². The summed E-state index contributed by atoms with van der Waals surface area (Å²) >= 11 is 1.82. The second-order valence-corrected chi connectivity index (χ2v) is 6.41. The Labute approximate surface area is 124 Å². The van der Waals surface area contributed by atoms with E-state index in [9.17, 15) is 0 Å². The molecule has 0 amide bonds. The number of ether oxygens (including phenoxy) is 1. The summed E-state index contributed by atoms with van der Waals surface area (Å²) < 4.78 is 5.65. The molecule has 1 aromatic heterocycles. The van der Waals surface area contributed by atoms with Gasteiger partial charge < -0.3 is 10.1 Å². The Kier molecular flexibility index (Phi) is 4.51. The lowest BCUT2D eigenvalue weighted by atomic mass is 9.99. The lowest BCUT2D eigenvalue weighted by Crippen LogP contribution is -2.40. The van der Waals surface area contributed by atoms with E-state index in [1.165, 1.54) is 10.4 Å². The van der Waals surface area contributed by atoms with Gasteiger partial charge in [-0.3, -0.25) is 0 Å². The molecule has 0 bridgehead atoms. The van der Waals surface area contributed by atoms with Crippen molar-refractivity contribution in [2.45, 2.75) is 38.0 Å². The van der Waals surface area contributed by atoms with Crippen molar-refractivity contribution in [1.29, 1.82) is 0 Å². The molecule has 2 aromatic rings. The van der Waals surface area contributed by atoms with Crippen molar-refractivity contribution in [1.82, 2.24) is 5.32 Å². The molecule has 1 aromatic carbocycles. The zero-order valence-corrected chi connectivity index (χ0v) is 12.6. The molecule has 0 aliphatic carbocycles. The van der Waals surface area contributed by atoms with E-state index >= 15 is 0 Å². The summed E-state index contributed by atoms with van der Waals surface area (Å²) in [6.45, 7) is 3.03. The fourth-order valence-electron chi connectivity index (χ4n) is 2.83. The van der Waals surface area contributed by atoms with Gasteiger partial charge in [0.1, 0.15) is 0 Å². The molecule has 1 aliphatic rings. The number of benzene rings is 1. The molecular weight excluding hydrogens is 266 g/mol. The molecule has 1 saturated heterocycles. The van der Waals surface area contributed by atoms with E-state index in [1.54, 1.807) is 0 Å². The number of hydrogen-bond acceptors (Lipinski definition) is 3. The van der Waals surface area contributed by atoms with Crippen LogP contribution in [0.25, 0.3) is 0 Å². The second-order valence-electron chi connectivity index (χ2n) is 5.43. The fraction of sp³-hybridized carbons (Fsp3) is 0.412. The quantitative estimate of drug-likeness (QED) is 0.918. The zero-order chi connectivity index (χ0) is 13.8. The summed E-state index contributed by atoms with van der Waals surface area (Å²) in [7, 11) is 0. The lowest BCUT2D eigenvalue weighted by Gasteiger charge is -2.31. The van der Waals surface area contributed by atoms with E-state index in [0.717, 1.165) is 19.4 Å². The molecule has 0 spiro atoms.